The van der Waals surface area contributed by atoms with Crippen molar-refractivity contribution in [3.63, 3.8) is 0 Å². The molecular weight excluding hydrogens is 534 g/mol. The van der Waals surface area contributed by atoms with Crippen LogP contribution in [0.3, 0.4) is 0 Å². The molecular formula is C30H37NO6S2. The van der Waals surface area contributed by atoms with Gasteiger partial charge in [0.2, 0.25) is 0 Å². The van der Waals surface area contributed by atoms with Crippen LogP contribution in [0.2, 0.25) is 0 Å². The van der Waals surface area contributed by atoms with Crippen molar-refractivity contribution in [3.8, 4) is 22.8 Å². The maximum Gasteiger partial charge on any atom is 0.302 e. The number of carbonyl (C=O) groups is 2. The number of ether oxygens (including phenoxy) is 3. The van der Waals surface area contributed by atoms with E-state index >= 15 is 0 Å². The van der Waals surface area contributed by atoms with Gasteiger partial charge in [0.1, 0.15) is 27.3 Å². The largest absolute Gasteiger partial charge is 0.497 e. The fraction of sp³-hybridized carbons (Fsp3) is 0.500. The fourth-order valence-corrected chi connectivity index (χ4v) is 6.92. The number of hydrogen-bond acceptors (Lipinski definition) is 8. The zero-order chi connectivity index (χ0) is 28.1. The Hall–Kier alpha value is -2.78. The molecule has 2 heterocycles. The van der Waals surface area contributed by atoms with Crippen molar-refractivity contribution in [2.45, 2.75) is 65.3 Å². The lowest BCUT2D eigenvalue weighted by atomic mass is 10.0. The first kappa shape index (κ1) is 29.2. The van der Waals surface area contributed by atoms with Gasteiger partial charge in [0.05, 0.1) is 25.7 Å². The molecule has 39 heavy (non-hydrogen) atoms. The number of furan rings is 1. The van der Waals surface area contributed by atoms with Crippen molar-refractivity contribution in [3.05, 3.63) is 40.5 Å². The summed E-state index contributed by atoms with van der Waals surface area (Å²) in [5.74, 6) is 3.21. The highest BCUT2D eigenvalue weighted by atomic mass is 32.2. The monoisotopic (exact) mass is 571 g/mol. The molecule has 0 radical (unpaired) electrons. The lowest BCUT2D eigenvalue weighted by molar-refractivity contribution is -0.141. The molecule has 2 aromatic rings. The van der Waals surface area contributed by atoms with Gasteiger partial charge in [0.25, 0.3) is 5.91 Å². The Labute approximate surface area is 240 Å². The second kappa shape index (κ2) is 13.0. The third kappa shape index (κ3) is 6.87. The molecule has 1 saturated carbocycles. The van der Waals surface area contributed by atoms with Crippen LogP contribution < -0.4 is 9.47 Å². The van der Waals surface area contributed by atoms with E-state index in [4.69, 9.17) is 30.8 Å². The molecule has 0 bridgehead atoms. The first-order chi connectivity index (χ1) is 18.7. The third-order valence-corrected chi connectivity index (χ3v) is 8.75. The van der Waals surface area contributed by atoms with E-state index < -0.39 is 0 Å². The molecule has 210 valence electrons. The van der Waals surface area contributed by atoms with Crippen LogP contribution in [-0.4, -0.2) is 48.0 Å². The van der Waals surface area contributed by atoms with Gasteiger partial charge in [-0.25, -0.2) is 0 Å². The van der Waals surface area contributed by atoms with Crippen LogP contribution in [0, 0.1) is 11.8 Å². The SMILES string of the molecule is CCCC1CC(C)C(N2C(=O)/C(=C/c3oc(-c4cc(OC)cc(OC)c4)cc3CCCOC(C)=O)SC2=S)C1. The van der Waals surface area contributed by atoms with Gasteiger partial charge < -0.3 is 18.6 Å². The average molecular weight is 572 g/mol. The number of thiocarbonyl (C=S) groups is 1. The maximum atomic E-state index is 13.6. The van der Waals surface area contributed by atoms with Crippen LogP contribution >= 0.6 is 24.0 Å². The van der Waals surface area contributed by atoms with Gasteiger partial charge in [-0.1, -0.05) is 50.7 Å². The molecule has 9 heteroatoms. The summed E-state index contributed by atoms with van der Waals surface area (Å²) < 4.78 is 22.9. The van der Waals surface area contributed by atoms with Gasteiger partial charge in [0, 0.05) is 30.7 Å². The second-order valence-electron chi connectivity index (χ2n) is 10.3. The number of nitrogens with zero attached hydrogens (tertiary/aromatic N) is 1. The summed E-state index contributed by atoms with van der Waals surface area (Å²) in [6, 6.07) is 7.65. The molecule has 3 unspecified atom stereocenters. The summed E-state index contributed by atoms with van der Waals surface area (Å²) in [7, 11) is 3.20. The van der Waals surface area contributed by atoms with E-state index in [1.54, 1.807) is 20.3 Å². The van der Waals surface area contributed by atoms with Crippen molar-refractivity contribution >= 4 is 46.3 Å². The summed E-state index contributed by atoms with van der Waals surface area (Å²) in [5.41, 5.74) is 1.71. The van der Waals surface area contributed by atoms with Crippen molar-refractivity contribution in [1.82, 2.24) is 4.90 Å². The maximum absolute atomic E-state index is 13.6. The highest BCUT2D eigenvalue weighted by Crippen LogP contribution is 2.43. The third-order valence-electron chi connectivity index (χ3n) is 7.42. The molecule has 0 spiro atoms. The highest BCUT2D eigenvalue weighted by Gasteiger charge is 2.43. The minimum atomic E-state index is -0.308. The number of carbonyl (C=O) groups excluding carboxylic acids is 2. The Morgan fingerprint density at radius 2 is 1.90 bits per heavy atom. The molecule has 1 aromatic heterocycles. The van der Waals surface area contributed by atoms with E-state index in [1.165, 1.54) is 25.1 Å². The van der Waals surface area contributed by atoms with E-state index in [1.807, 2.05) is 29.2 Å². The zero-order valence-corrected chi connectivity index (χ0v) is 24.9. The molecule has 2 fully saturated rings. The Morgan fingerprint density at radius 1 is 1.18 bits per heavy atom. The van der Waals surface area contributed by atoms with E-state index in [2.05, 4.69) is 13.8 Å². The molecule has 0 N–H and O–H groups in total. The summed E-state index contributed by atoms with van der Waals surface area (Å²) in [4.78, 5) is 27.2. The van der Waals surface area contributed by atoms with Crippen molar-refractivity contribution in [2.75, 3.05) is 20.8 Å². The summed E-state index contributed by atoms with van der Waals surface area (Å²) in [6.45, 7) is 6.15. The van der Waals surface area contributed by atoms with E-state index in [-0.39, 0.29) is 17.9 Å². The van der Waals surface area contributed by atoms with Crippen LogP contribution in [0.1, 0.15) is 64.2 Å². The van der Waals surface area contributed by atoms with Crippen molar-refractivity contribution in [2.24, 2.45) is 11.8 Å². The quantitative estimate of drug-likeness (QED) is 0.125. The van der Waals surface area contributed by atoms with Crippen LogP contribution in [0.15, 0.2) is 33.6 Å². The zero-order valence-electron chi connectivity index (χ0n) is 23.3. The van der Waals surface area contributed by atoms with E-state index in [0.717, 1.165) is 30.4 Å². The van der Waals surface area contributed by atoms with Crippen LogP contribution in [-0.2, 0) is 20.7 Å². The second-order valence-corrected chi connectivity index (χ2v) is 11.9. The molecule has 1 aromatic carbocycles. The minimum Gasteiger partial charge on any atom is -0.497 e. The van der Waals surface area contributed by atoms with Gasteiger partial charge >= 0.3 is 5.97 Å². The predicted octanol–water partition coefficient (Wildman–Crippen LogP) is 6.88. The number of hydrogen-bond donors (Lipinski definition) is 0. The predicted molar refractivity (Wildman–Crippen MR) is 158 cm³/mol. The summed E-state index contributed by atoms with van der Waals surface area (Å²) >= 11 is 7.04. The number of aryl methyl sites for hydroxylation is 1. The lowest BCUT2D eigenvalue weighted by Crippen LogP contribution is -2.40. The van der Waals surface area contributed by atoms with Crippen molar-refractivity contribution in [1.29, 1.82) is 0 Å². The number of benzene rings is 1. The molecule has 1 amide bonds. The standard InChI is InChI=1S/C30H37NO6S2/c1-6-8-20-11-18(2)25(12-20)31-29(33)28(39-30(31)38)17-27-21(9-7-10-36-19(3)32)15-26(37-27)22-13-23(34-4)16-24(14-22)35-5/h13-18,20,25H,6-12H2,1-5H3/b28-17-. The summed E-state index contributed by atoms with van der Waals surface area (Å²) in [5, 5.41) is 0. The van der Waals surface area contributed by atoms with Gasteiger partial charge in [-0.15, -0.1) is 0 Å². The molecule has 2 aliphatic rings. The Bertz CT molecular complexity index is 1230. The van der Waals surface area contributed by atoms with E-state index in [9.17, 15) is 9.59 Å². The first-order valence-electron chi connectivity index (χ1n) is 13.5. The molecule has 1 aliphatic heterocycles. The molecule has 7 nitrogen and oxygen atoms in total. The van der Waals surface area contributed by atoms with E-state index in [0.29, 0.717) is 63.5 Å². The molecule has 1 aliphatic carbocycles. The molecule has 4 rings (SSSR count). The Morgan fingerprint density at radius 3 is 2.54 bits per heavy atom. The Kier molecular flexibility index (Phi) is 9.77. The van der Waals surface area contributed by atoms with Gasteiger partial charge in [-0.05, 0) is 61.3 Å². The normalized spacial score (nSPS) is 22.1. The Balaban J connectivity index is 1.63. The average Bonchev–Trinajstić information content (AvgIpc) is 3.56. The first-order valence-corrected chi connectivity index (χ1v) is 14.7. The molecule has 3 atom stereocenters. The van der Waals surface area contributed by atoms with Crippen LogP contribution in [0.4, 0.5) is 0 Å². The van der Waals surface area contributed by atoms with Gasteiger partial charge in [-0.2, -0.15) is 0 Å². The minimum absolute atomic E-state index is 0.0501. The van der Waals surface area contributed by atoms with Crippen LogP contribution in [0.5, 0.6) is 11.5 Å². The topological polar surface area (TPSA) is 78.2 Å². The number of thioether (sulfide) groups is 1. The number of rotatable bonds is 11. The van der Waals surface area contributed by atoms with Crippen LogP contribution in [0.25, 0.3) is 17.4 Å². The van der Waals surface area contributed by atoms with Gasteiger partial charge in [-0.3, -0.25) is 14.5 Å². The summed E-state index contributed by atoms with van der Waals surface area (Å²) in [6.07, 6.45) is 7.52. The number of methoxy groups -OCH3 is 2. The fourth-order valence-electron chi connectivity index (χ4n) is 5.57. The smallest absolute Gasteiger partial charge is 0.302 e. The van der Waals surface area contributed by atoms with Gasteiger partial charge in [0.15, 0.2) is 0 Å². The lowest BCUT2D eigenvalue weighted by Gasteiger charge is -2.26. The number of esters is 1. The number of amides is 1. The molecule has 1 saturated heterocycles. The highest BCUT2D eigenvalue weighted by molar-refractivity contribution is 8.26. The van der Waals surface area contributed by atoms with Crippen molar-refractivity contribution < 1.29 is 28.2 Å².